The van der Waals surface area contributed by atoms with E-state index in [2.05, 4.69) is 15.3 Å². The number of carbonyl (C=O) groups is 2. The summed E-state index contributed by atoms with van der Waals surface area (Å²) in [5.41, 5.74) is -1.10. The smallest absolute Gasteiger partial charge is 0.417 e. The summed E-state index contributed by atoms with van der Waals surface area (Å²) in [6.45, 7) is -0.719. The van der Waals surface area contributed by atoms with Gasteiger partial charge in [0.1, 0.15) is 5.15 Å². The van der Waals surface area contributed by atoms with Crippen LogP contribution in [0.15, 0.2) is 30.6 Å². The van der Waals surface area contributed by atoms with Crippen molar-refractivity contribution in [1.29, 1.82) is 0 Å². The quantitative estimate of drug-likeness (QED) is 0.633. The lowest BCUT2D eigenvalue weighted by atomic mass is 10.3. The second kappa shape index (κ2) is 7.66. The number of amides is 1. The first kappa shape index (κ1) is 18.9. The molecular formula is C14H8Cl2F3N3O3. The van der Waals surface area contributed by atoms with Crippen LogP contribution in [0.4, 0.5) is 19.0 Å². The third kappa shape index (κ3) is 5.04. The Morgan fingerprint density at radius 3 is 2.56 bits per heavy atom. The van der Waals surface area contributed by atoms with Gasteiger partial charge in [-0.05, 0) is 18.2 Å². The Bertz CT molecular complexity index is 815. The summed E-state index contributed by atoms with van der Waals surface area (Å²) in [5, 5.41) is 1.63. The van der Waals surface area contributed by atoms with Gasteiger partial charge < -0.3 is 10.1 Å². The molecule has 0 fully saturated rings. The van der Waals surface area contributed by atoms with Gasteiger partial charge in [0.25, 0.3) is 5.91 Å². The number of anilines is 1. The highest BCUT2D eigenvalue weighted by atomic mass is 35.5. The summed E-state index contributed by atoms with van der Waals surface area (Å²) in [6, 6.07) is 3.42. The molecule has 0 saturated carbocycles. The normalized spacial score (nSPS) is 11.1. The van der Waals surface area contributed by atoms with E-state index >= 15 is 0 Å². The number of ether oxygens (including phenoxy) is 1. The van der Waals surface area contributed by atoms with E-state index in [0.29, 0.717) is 12.3 Å². The molecule has 11 heteroatoms. The van der Waals surface area contributed by atoms with Gasteiger partial charge in [-0.25, -0.2) is 14.8 Å². The third-order valence-electron chi connectivity index (χ3n) is 2.74. The number of halogens is 5. The molecule has 0 aliphatic carbocycles. The van der Waals surface area contributed by atoms with Gasteiger partial charge in [-0.3, -0.25) is 4.79 Å². The first-order valence-electron chi connectivity index (χ1n) is 6.48. The standard InChI is InChI=1S/C14H8Cl2F3N3O3/c15-9-4-7(14(17,18)19)5-21-12(9)22-10(23)6-25-13(24)8-2-1-3-20-11(8)16/h1-5H,6H2,(H,21,22,23). The molecule has 0 radical (unpaired) electrons. The number of hydrogen-bond acceptors (Lipinski definition) is 5. The predicted octanol–water partition coefficient (Wildman–Crippen LogP) is 3.60. The van der Waals surface area contributed by atoms with E-state index in [1.54, 1.807) is 0 Å². The molecule has 132 valence electrons. The number of esters is 1. The first-order chi connectivity index (χ1) is 11.7. The number of pyridine rings is 2. The molecule has 0 saturated heterocycles. The van der Waals surface area contributed by atoms with Crippen molar-refractivity contribution < 1.29 is 27.5 Å². The highest BCUT2D eigenvalue weighted by Crippen LogP contribution is 2.32. The molecule has 0 aliphatic rings. The largest absolute Gasteiger partial charge is 0.452 e. The highest BCUT2D eigenvalue weighted by molar-refractivity contribution is 6.33. The van der Waals surface area contributed by atoms with Crippen LogP contribution in [0.1, 0.15) is 15.9 Å². The molecule has 2 heterocycles. The van der Waals surface area contributed by atoms with Crippen molar-refractivity contribution in [2.75, 3.05) is 11.9 Å². The Kier molecular flexibility index (Phi) is 5.81. The second-order valence-electron chi connectivity index (χ2n) is 4.52. The number of aromatic nitrogens is 2. The van der Waals surface area contributed by atoms with E-state index in [-0.39, 0.29) is 16.5 Å². The SMILES string of the molecule is O=C(COC(=O)c1cccnc1Cl)Nc1ncc(C(F)(F)F)cc1Cl. The van der Waals surface area contributed by atoms with Crippen molar-refractivity contribution in [3.8, 4) is 0 Å². The van der Waals surface area contributed by atoms with Gasteiger partial charge in [0.15, 0.2) is 12.4 Å². The molecule has 1 amide bonds. The molecule has 6 nitrogen and oxygen atoms in total. The van der Waals surface area contributed by atoms with Crippen LogP contribution in [0.2, 0.25) is 10.2 Å². The lowest BCUT2D eigenvalue weighted by Crippen LogP contribution is -2.22. The number of alkyl halides is 3. The van der Waals surface area contributed by atoms with Crippen LogP contribution in [-0.2, 0) is 15.7 Å². The average Bonchev–Trinajstić information content (AvgIpc) is 2.54. The molecule has 0 unspecified atom stereocenters. The fraction of sp³-hybridized carbons (Fsp3) is 0.143. The van der Waals surface area contributed by atoms with Crippen LogP contribution in [0.3, 0.4) is 0 Å². The molecule has 2 rings (SSSR count). The Hall–Kier alpha value is -2.39. The second-order valence-corrected chi connectivity index (χ2v) is 5.28. The maximum absolute atomic E-state index is 12.5. The molecule has 2 aromatic rings. The summed E-state index contributed by atoms with van der Waals surface area (Å²) >= 11 is 11.4. The number of nitrogens with zero attached hydrogens (tertiary/aromatic N) is 2. The molecule has 0 aromatic carbocycles. The van der Waals surface area contributed by atoms with Gasteiger partial charge in [-0.15, -0.1) is 0 Å². The van der Waals surface area contributed by atoms with E-state index in [9.17, 15) is 22.8 Å². The fourth-order valence-corrected chi connectivity index (χ4v) is 2.01. The molecule has 25 heavy (non-hydrogen) atoms. The number of hydrogen-bond donors (Lipinski definition) is 1. The molecule has 0 atom stereocenters. The van der Waals surface area contributed by atoms with Crippen molar-refractivity contribution in [3.63, 3.8) is 0 Å². The monoisotopic (exact) mass is 393 g/mol. The van der Waals surface area contributed by atoms with Crippen LogP contribution in [0.25, 0.3) is 0 Å². The van der Waals surface area contributed by atoms with Crippen molar-refractivity contribution in [2.45, 2.75) is 6.18 Å². The topological polar surface area (TPSA) is 81.2 Å². The molecular weight excluding hydrogens is 386 g/mol. The van der Waals surface area contributed by atoms with E-state index in [1.807, 2.05) is 0 Å². The first-order valence-corrected chi connectivity index (χ1v) is 7.24. The Labute approximate surface area is 148 Å². The zero-order valence-electron chi connectivity index (χ0n) is 12.1. The molecule has 1 N–H and O–H groups in total. The lowest BCUT2D eigenvalue weighted by molar-refractivity contribution is -0.137. The Morgan fingerprint density at radius 1 is 1.24 bits per heavy atom. The maximum Gasteiger partial charge on any atom is 0.417 e. The molecule has 0 spiro atoms. The van der Waals surface area contributed by atoms with Gasteiger partial charge >= 0.3 is 12.1 Å². The van der Waals surface area contributed by atoms with Crippen LogP contribution in [0, 0.1) is 0 Å². The minimum atomic E-state index is -4.61. The van der Waals surface area contributed by atoms with Crippen LogP contribution in [0.5, 0.6) is 0 Å². The Balaban J connectivity index is 1.97. The number of nitrogens with one attached hydrogen (secondary N) is 1. The third-order valence-corrected chi connectivity index (χ3v) is 3.33. The summed E-state index contributed by atoms with van der Waals surface area (Å²) in [5.74, 6) is -2.03. The van der Waals surface area contributed by atoms with Crippen molar-refractivity contribution in [2.24, 2.45) is 0 Å². The highest BCUT2D eigenvalue weighted by Gasteiger charge is 2.31. The van der Waals surface area contributed by atoms with Gasteiger partial charge in [-0.1, -0.05) is 23.2 Å². The average molecular weight is 394 g/mol. The van der Waals surface area contributed by atoms with Crippen molar-refractivity contribution in [3.05, 3.63) is 51.9 Å². The van der Waals surface area contributed by atoms with Crippen LogP contribution < -0.4 is 5.32 Å². The van der Waals surface area contributed by atoms with Gasteiger partial charge in [0.05, 0.1) is 16.1 Å². The van der Waals surface area contributed by atoms with Gasteiger partial charge in [0.2, 0.25) is 0 Å². The van der Waals surface area contributed by atoms with Crippen molar-refractivity contribution >= 4 is 40.9 Å². The van der Waals surface area contributed by atoms with E-state index in [0.717, 1.165) is 0 Å². The van der Waals surface area contributed by atoms with Gasteiger partial charge in [-0.2, -0.15) is 13.2 Å². The lowest BCUT2D eigenvalue weighted by Gasteiger charge is -2.10. The summed E-state index contributed by atoms with van der Waals surface area (Å²) < 4.78 is 42.3. The fourth-order valence-electron chi connectivity index (χ4n) is 1.60. The van der Waals surface area contributed by atoms with Crippen LogP contribution >= 0.6 is 23.2 Å². The zero-order chi connectivity index (χ0) is 18.6. The molecule has 2 aromatic heterocycles. The summed E-state index contributed by atoms with van der Waals surface area (Å²) in [4.78, 5) is 30.6. The molecule has 0 aliphatic heterocycles. The minimum absolute atomic E-state index is 0.0392. The van der Waals surface area contributed by atoms with E-state index < -0.39 is 35.2 Å². The Morgan fingerprint density at radius 2 is 1.96 bits per heavy atom. The van der Waals surface area contributed by atoms with Crippen molar-refractivity contribution in [1.82, 2.24) is 9.97 Å². The van der Waals surface area contributed by atoms with E-state index in [1.165, 1.54) is 18.3 Å². The molecule has 0 bridgehead atoms. The number of carbonyl (C=O) groups excluding carboxylic acids is 2. The van der Waals surface area contributed by atoms with Gasteiger partial charge in [0, 0.05) is 12.4 Å². The number of rotatable bonds is 4. The van der Waals surface area contributed by atoms with Crippen LogP contribution in [-0.4, -0.2) is 28.5 Å². The summed E-state index contributed by atoms with van der Waals surface area (Å²) in [7, 11) is 0. The maximum atomic E-state index is 12.5. The zero-order valence-corrected chi connectivity index (χ0v) is 13.6. The summed E-state index contributed by atoms with van der Waals surface area (Å²) in [6.07, 6.45) is -2.73. The van der Waals surface area contributed by atoms with E-state index in [4.69, 9.17) is 27.9 Å². The minimum Gasteiger partial charge on any atom is -0.452 e. The predicted molar refractivity (Wildman–Crippen MR) is 82.4 cm³/mol.